The first-order valence-electron chi connectivity index (χ1n) is 9.58. The minimum atomic E-state index is -0.251. The number of nitrogens with zero attached hydrogens (tertiary/aromatic N) is 2. The zero-order chi connectivity index (χ0) is 20.1. The van der Waals surface area contributed by atoms with Crippen molar-refractivity contribution in [1.82, 2.24) is 10.2 Å². The van der Waals surface area contributed by atoms with Gasteiger partial charge in [0.25, 0.3) is 0 Å². The van der Waals surface area contributed by atoms with Crippen LogP contribution in [0.3, 0.4) is 0 Å². The summed E-state index contributed by atoms with van der Waals surface area (Å²) < 4.78 is 19.2. The van der Waals surface area contributed by atoms with Crippen LogP contribution in [-0.4, -0.2) is 50.6 Å². The molecule has 1 atom stereocenters. The summed E-state index contributed by atoms with van der Waals surface area (Å²) in [5.74, 6) is 0.583. The molecule has 2 aromatic carbocycles. The Bertz CT molecular complexity index is 808. The Labute approximate surface area is 166 Å². The highest BCUT2D eigenvalue weighted by Gasteiger charge is 2.29. The third-order valence-corrected chi connectivity index (χ3v) is 4.87. The number of halogens is 1. The van der Waals surface area contributed by atoms with Gasteiger partial charge in [0.05, 0.1) is 18.2 Å². The summed E-state index contributed by atoms with van der Waals surface area (Å²) in [5.41, 5.74) is 3.08. The van der Waals surface area contributed by atoms with Crippen LogP contribution >= 0.6 is 0 Å². The molecular weight excluding hydrogens is 357 g/mol. The summed E-state index contributed by atoms with van der Waals surface area (Å²) in [6.45, 7) is 4.48. The molecule has 3 rings (SSSR count). The topological polar surface area (TPSA) is 44.8 Å². The fourth-order valence-electron chi connectivity index (χ4n) is 3.32. The number of amides is 1. The third kappa shape index (κ3) is 5.23. The van der Waals surface area contributed by atoms with Gasteiger partial charge in [-0.3, -0.25) is 4.79 Å². The van der Waals surface area contributed by atoms with Crippen LogP contribution in [-0.2, 0) is 11.3 Å². The number of ether oxygens (including phenoxy) is 1. The van der Waals surface area contributed by atoms with Gasteiger partial charge in [-0.2, -0.15) is 0 Å². The summed E-state index contributed by atoms with van der Waals surface area (Å²) in [4.78, 5) is 16.7. The van der Waals surface area contributed by atoms with Crippen LogP contribution in [0.15, 0.2) is 42.5 Å². The number of nitrogens with one attached hydrogen (secondary N) is 1. The van der Waals surface area contributed by atoms with E-state index >= 15 is 0 Å². The molecule has 0 saturated carbocycles. The summed E-state index contributed by atoms with van der Waals surface area (Å²) in [6.07, 6.45) is 0.349. The number of carbonyl (C=O) groups excluding carboxylic acids is 1. The molecule has 1 aliphatic heterocycles. The quantitative estimate of drug-likeness (QED) is 0.796. The monoisotopic (exact) mass is 385 g/mol. The van der Waals surface area contributed by atoms with E-state index in [0.717, 1.165) is 29.1 Å². The molecule has 0 spiro atoms. The van der Waals surface area contributed by atoms with Gasteiger partial charge in [0.2, 0.25) is 5.91 Å². The molecular formula is C22H28FN3O2. The van der Waals surface area contributed by atoms with Crippen LogP contribution in [0.1, 0.15) is 17.5 Å². The van der Waals surface area contributed by atoms with Crippen molar-refractivity contribution in [3.63, 3.8) is 0 Å². The molecule has 0 aromatic heterocycles. The lowest BCUT2D eigenvalue weighted by Crippen LogP contribution is -2.46. The van der Waals surface area contributed by atoms with Gasteiger partial charge in [0, 0.05) is 19.6 Å². The van der Waals surface area contributed by atoms with Gasteiger partial charge in [-0.25, -0.2) is 4.39 Å². The maximum absolute atomic E-state index is 13.3. The van der Waals surface area contributed by atoms with Crippen LogP contribution in [0, 0.1) is 12.7 Å². The molecule has 0 fully saturated rings. The molecule has 1 N–H and O–H groups in total. The fraction of sp³-hybridized carbons (Fsp3) is 0.409. The van der Waals surface area contributed by atoms with Crippen molar-refractivity contribution in [2.24, 2.45) is 0 Å². The van der Waals surface area contributed by atoms with Gasteiger partial charge < -0.3 is 19.9 Å². The van der Waals surface area contributed by atoms with Crippen molar-refractivity contribution >= 4 is 11.6 Å². The molecule has 6 heteroatoms. The molecule has 0 aliphatic carbocycles. The molecule has 150 valence electrons. The van der Waals surface area contributed by atoms with Crippen LogP contribution < -0.4 is 15.0 Å². The number of aryl methyl sites for hydroxylation is 1. The van der Waals surface area contributed by atoms with Gasteiger partial charge >= 0.3 is 0 Å². The highest BCUT2D eigenvalue weighted by molar-refractivity contribution is 5.77. The lowest BCUT2D eigenvalue weighted by molar-refractivity contribution is -0.121. The Balaban J connectivity index is 1.76. The average molecular weight is 385 g/mol. The Morgan fingerprint density at radius 1 is 1.25 bits per heavy atom. The van der Waals surface area contributed by atoms with Crippen LogP contribution in [0.2, 0.25) is 0 Å². The van der Waals surface area contributed by atoms with E-state index in [-0.39, 0.29) is 17.8 Å². The van der Waals surface area contributed by atoms with E-state index < -0.39 is 0 Å². The molecule has 0 saturated heterocycles. The van der Waals surface area contributed by atoms with Crippen molar-refractivity contribution in [1.29, 1.82) is 0 Å². The first kappa shape index (κ1) is 20.1. The molecule has 1 amide bonds. The van der Waals surface area contributed by atoms with Crippen molar-refractivity contribution in [2.75, 3.05) is 38.7 Å². The third-order valence-electron chi connectivity index (χ3n) is 4.87. The van der Waals surface area contributed by atoms with E-state index in [1.807, 2.05) is 44.1 Å². The number of anilines is 1. The molecule has 0 bridgehead atoms. The summed E-state index contributed by atoms with van der Waals surface area (Å²) in [6, 6.07) is 12.5. The van der Waals surface area contributed by atoms with E-state index in [0.29, 0.717) is 26.1 Å². The minimum Gasteiger partial charge on any atom is -0.489 e. The molecule has 1 unspecified atom stereocenters. The molecule has 5 nitrogen and oxygen atoms in total. The van der Waals surface area contributed by atoms with Gasteiger partial charge in [-0.05, 0) is 56.4 Å². The highest BCUT2D eigenvalue weighted by Crippen LogP contribution is 2.36. The predicted molar refractivity (Wildman–Crippen MR) is 109 cm³/mol. The number of hydrogen-bond acceptors (Lipinski definition) is 4. The number of hydrogen-bond donors (Lipinski definition) is 1. The van der Waals surface area contributed by atoms with Gasteiger partial charge in [-0.1, -0.05) is 18.2 Å². The van der Waals surface area contributed by atoms with E-state index in [9.17, 15) is 9.18 Å². The number of benzene rings is 2. The molecule has 2 aromatic rings. The van der Waals surface area contributed by atoms with Crippen molar-refractivity contribution in [3.05, 3.63) is 59.4 Å². The van der Waals surface area contributed by atoms with Gasteiger partial charge in [0.15, 0.2) is 0 Å². The molecule has 0 radical (unpaired) electrons. The average Bonchev–Trinajstić information content (AvgIpc) is 2.65. The first-order valence-corrected chi connectivity index (χ1v) is 9.58. The van der Waals surface area contributed by atoms with Gasteiger partial charge in [-0.15, -0.1) is 0 Å². The maximum Gasteiger partial charge on any atom is 0.222 e. The summed E-state index contributed by atoms with van der Waals surface area (Å²) >= 11 is 0. The van der Waals surface area contributed by atoms with Crippen LogP contribution in [0.25, 0.3) is 0 Å². The first-order chi connectivity index (χ1) is 13.4. The maximum atomic E-state index is 13.3. The zero-order valence-corrected chi connectivity index (χ0v) is 16.7. The lowest BCUT2D eigenvalue weighted by Gasteiger charge is -2.38. The molecule has 1 heterocycles. The Morgan fingerprint density at radius 3 is 2.71 bits per heavy atom. The fourth-order valence-corrected chi connectivity index (χ4v) is 3.32. The Morgan fingerprint density at radius 2 is 2.00 bits per heavy atom. The smallest absolute Gasteiger partial charge is 0.222 e. The van der Waals surface area contributed by atoms with E-state index in [4.69, 9.17) is 4.74 Å². The zero-order valence-electron chi connectivity index (χ0n) is 16.7. The number of rotatable bonds is 7. The highest BCUT2D eigenvalue weighted by atomic mass is 19.1. The predicted octanol–water partition coefficient (Wildman–Crippen LogP) is 2.97. The summed E-state index contributed by atoms with van der Waals surface area (Å²) in [7, 11) is 3.95. The second-order valence-electron chi connectivity index (χ2n) is 7.55. The van der Waals surface area contributed by atoms with E-state index in [1.165, 1.54) is 12.1 Å². The molecule has 1 aliphatic rings. The standard InChI is InChI=1S/C22H28FN3O2/c1-16-4-9-20-21(12-16)28-15-19(13-22(27)24-10-11-25(2)3)26(20)14-17-5-7-18(23)8-6-17/h4-9,12,19H,10-11,13-15H2,1-3H3,(H,24,27). The van der Waals surface area contributed by atoms with Crippen LogP contribution in [0.5, 0.6) is 5.75 Å². The second-order valence-corrected chi connectivity index (χ2v) is 7.55. The SMILES string of the molecule is Cc1ccc2c(c1)OCC(CC(=O)NCCN(C)C)N2Cc1ccc(F)cc1. The van der Waals surface area contributed by atoms with Crippen molar-refractivity contribution < 1.29 is 13.9 Å². The van der Waals surface area contributed by atoms with E-state index in [2.05, 4.69) is 10.2 Å². The number of likely N-dealkylation sites (N-methyl/N-ethyl adjacent to an activating group) is 1. The Hall–Kier alpha value is -2.60. The number of fused-ring (bicyclic) bond motifs is 1. The second kappa shape index (κ2) is 9.06. The minimum absolute atomic E-state index is 0.00937. The summed E-state index contributed by atoms with van der Waals surface area (Å²) in [5, 5.41) is 2.97. The Kier molecular flexibility index (Phi) is 6.52. The van der Waals surface area contributed by atoms with Crippen molar-refractivity contribution in [2.45, 2.75) is 25.9 Å². The number of carbonyl (C=O) groups is 1. The normalized spacial score (nSPS) is 15.9. The van der Waals surface area contributed by atoms with Gasteiger partial charge in [0.1, 0.15) is 18.2 Å². The van der Waals surface area contributed by atoms with E-state index in [1.54, 1.807) is 12.1 Å². The van der Waals surface area contributed by atoms with Crippen LogP contribution in [0.4, 0.5) is 10.1 Å². The molecule has 28 heavy (non-hydrogen) atoms. The van der Waals surface area contributed by atoms with Crippen molar-refractivity contribution in [3.8, 4) is 5.75 Å². The lowest BCUT2D eigenvalue weighted by atomic mass is 10.0. The largest absolute Gasteiger partial charge is 0.489 e.